The Morgan fingerprint density at radius 2 is 2.19 bits per heavy atom. The number of anilines is 1. The number of nitriles is 1. The van der Waals surface area contributed by atoms with Crippen LogP contribution in [0.1, 0.15) is 5.56 Å². The van der Waals surface area contributed by atoms with Crippen LogP contribution in [0.15, 0.2) is 24.3 Å². The maximum atomic E-state index is 11.2. The van der Waals surface area contributed by atoms with Gasteiger partial charge in [0.1, 0.15) is 24.9 Å². The molecule has 1 aromatic carbocycles. The number of fused-ring (bicyclic) bond motifs is 1. The Kier molecular flexibility index (Phi) is 6.00. The summed E-state index contributed by atoms with van der Waals surface area (Å²) in [5.41, 5.74) is 1.27. The van der Waals surface area contributed by atoms with Crippen molar-refractivity contribution in [3.63, 3.8) is 0 Å². The van der Waals surface area contributed by atoms with Crippen LogP contribution in [0, 0.1) is 11.3 Å². The molecule has 8 nitrogen and oxygen atoms in total. The minimum Gasteiger partial charge on any atom is -0.467 e. The van der Waals surface area contributed by atoms with E-state index < -0.39 is 5.97 Å². The van der Waals surface area contributed by atoms with Gasteiger partial charge in [-0.1, -0.05) is 6.07 Å². The molecule has 2 aliphatic rings. The number of nitrogens with one attached hydrogen (secondary N) is 2. The summed E-state index contributed by atoms with van der Waals surface area (Å²) in [6.07, 6.45) is -0.801. The molecule has 0 amide bonds. The monoisotopic (exact) mass is 377 g/mol. The van der Waals surface area contributed by atoms with Crippen LogP contribution in [0.25, 0.3) is 0 Å². The van der Waals surface area contributed by atoms with E-state index in [1.807, 2.05) is 6.07 Å². The molecule has 4 atom stereocenters. The number of thiocarbonyl (C=S) groups is 1. The Bertz CT molecular complexity index is 723. The van der Waals surface area contributed by atoms with Gasteiger partial charge in [0.2, 0.25) is 0 Å². The Morgan fingerprint density at radius 3 is 2.96 bits per heavy atom. The van der Waals surface area contributed by atoms with Crippen molar-refractivity contribution >= 4 is 29.0 Å². The standard InChI is InChI=1S/C17H19N3O5S/c1-22-14(21)9-23-13-8-25-15-12(7-24-16(13)15)20-17(26)19-11-4-2-3-10(5-11)6-18/h2-5,12-13,15-16H,7-9H2,1H3,(H2,19,20,26). The van der Waals surface area contributed by atoms with Gasteiger partial charge in [0.15, 0.2) is 5.11 Å². The van der Waals surface area contributed by atoms with Crippen LogP contribution in [-0.2, 0) is 23.7 Å². The Hall–Kier alpha value is -2.25. The van der Waals surface area contributed by atoms with Crippen LogP contribution < -0.4 is 10.6 Å². The molecule has 2 N–H and O–H groups in total. The van der Waals surface area contributed by atoms with E-state index in [2.05, 4.69) is 21.4 Å². The predicted molar refractivity (Wildman–Crippen MR) is 95.5 cm³/mol. The zero-order valence-electron chi connectivity index (χ0n) is 14.1. The van der Waals surface area contributed by atoms with E-state index in [9.17, 15) is 4.79 Å². The lowest BCUT2D eigenvalue weighted by molar-refractivity contribution is -0.150. The van der Waals surface area contributed by atoms with Crippen LogP contribution >= 0.6 is 12.2 Å². The first-order valence-electron chi connectivity index (χ1n) is 8.10. The molecule has 26 heavy (non-hydrogen) atoms. The first-order chi connectivity index (χ1) is 12.6. The van der Waals surface area contributed by atoms with Gasteiger partial charge in [-0.25, -0.2) is 4.79 Å². The van der Waals surface area contributed by atoms with Gasteiger partial charge in [-0.05, 0) is 30.4 Å². The summed E-state index contributed by atoms with van der Waals surface area (Å²) in [5.74, 6) is -0.439. The van der Waals surface area contributed by atoms with Crippen molar-refractivity contribution in [1.82, 2.24) is 5.32 Å². The second-order valence-electron chi connectivity index (χ2n) is 5.92. The molecule has 0 radical (unpaired) electrons. The topological polar surface area (TPSA) is 102 Å². The summed E-state index contributed by atoms with van der Waals surface area (Å²) in [5, 5.41) is 15.6. The van der Waals surface area contributed by atoms with Crippen LogP contribution in [-0.4, -0.2) is 62.4 Å². The number of hydrogen-bond acceptors (Lipinski definition) is 7. The number of nitrogens with zero attached hydrogens (tertiary/aromatic N) is 1. The average molecular weight is 377 g/mol. The molecule has 0 aromatic heterocycles. The highest BCUT2D eigenvalue weighted by molar-refractivity contribution is 7.80. The lowest BCUT2D eigenvalue weighted by Crippen LogP contribution is -2.46. The molecule has 0 spiro atoms. The van der Waals surface area contributed by atoms with Crippen molar-refractivity contribution < 1.29 is 23.7 Å². The number of benzene rings is 1. The molecular formula is C17H19N3O5S. The second kappa shape index (κ2) is 8.42. The third kappa shape index (κ3) is 4.28. The van der Waals surface area contributed by atoms with Crippen molar-refractivity contribution in [3.8, 4) is 6.07 Å². The highest BCUT2D eigenvalue weighted by Crippen LogP contribution is 2.29. The fourth-order valence-electron chi connectivity index (χ4n) is 2.97. The summed E-state index contributed by atoms with van der Waals surface area (Å²) in [4.78, 5) is 11.2. The molecule has 2 heterocycles. The molecule has 4 unspecified atom stereocenters. The second-order valence-corrected chi connectivity index (χ2v) is 6.33. The van der Waals surface area contributed by atoms with E-state index in [4.69, 9.17) is 31.7 Å². The van der Waals surface area contributed by atoms with E-state index in [-0.39, 0.29) is 31.0 Å². The number of methoxy groups -OCH3 is 1. The number of ether oxygens (including phenoxy) is 4. The summed E-state index contributed by atoms with van der Waals surface area (Å²) in [6, 6.07) is 8.99. The smallest absolute Gasteiger partial charge is 0.331 e. The maximum absolute atomic E-state index is 11.2. The van der Waals surface area contributed by atoms with E-state index >= 15 is 0 Å². The molecule has 138 valence electrons. The normalized spacial score (nSPS) is 26.6. The summed E-state index contributed by atoms with van der Waals surface area (Å²) in [6.45, 7) is 0.618. The molecule has 0 aliphatic carbocycles. The van der Waals surface area contributed by atoms with Crippen LogP contribution in [0.3, 0.4) is 0 Å². The largest absolute Gasteiger partial charge is 0.467 e. The SMILES string of the molecule is COC(=O)COC1COC2C(NC(=S)Nc3cccc(C#N)c3)COC12. The van der Waals surface area contributed by atoms with E-state index in [1.54, 1.807) is 18.2 Å². The van der Waals surface area contributed by atoms with Gasteiger partial charge < -0.3 is 29.6 Å². The average Bonchev–Trinajstić information content (AvgIpc) is 3.23. The molecule has 2 aliphatic heterocycles. The van der Waals surface area contributed by atoms with Gasteiger partial charge in [0.05, 0.1) is 38.0 Å². The molecule has 2 saturated heterocycles. The zero-order valence-corrected chi connectivity index (χ0v) is 15.0. The third-order valence-electron chi connectivity index (χ3n) is 4.22. The molecule has 3 rings (SSSR count). The van der Waals surface area contributed by atoms with Crippen LogP contribution in [0.2, 0.25) is 0 Å². The minimum atomic E-state index is -0.439. The third-order valence-corrected chi connectivity index (χ3v) is 4.44. The van der Waals surface area contributed by atoms with E-state index in [0.717, 1.165) is 5.69 Å². The molecule has 0 bridgehead atoms. The van der Waals surface area contributed by atoms with Gasteiger partial charge in [0.25, 0.3) is 0 Å². The molecule has 0 saturated carbocycles. The Morgan fingerprint density at radius 1 is 1.38 bits per heavy atom. The molecule has 1 aromatic rings. The number of carbonyl (C=O) groups is 1. The fraction of sp³-hybridized carbons (Fsp3) is 0.471. The Labute approximate surface area is 156 Å². The highest BCUT2D eigenvalue weighted by Gasteiger charge is 2.48. The quantitative estimate of drug-likeness (QED) is 0.563. The summed E-state index contributed by atoms with van der Waals surface area (Å²) >= 11 is 5.33. The van der Waals surface area contributed by atoms with E-state index in [1.165, 1.54) is 7.11 Å². The van der Waals surface area contributed by atoms with Crippen molar-refractivity contribution in [1.29, 1.82) is 5.26 Å². The van der Waals surface area contributed by atoms with Gasteiger partial charge in [0, 0.05) is 5.69 Å². The number of rotatable bonds is 5. The first kappa shape index (κ1) is 18.5. The van der Waals surface area contributed by atoms with Crippen molar-refractivity contribution in [2.24, 2.45) is 0 Å². The summed E-state index contributed by atoms with van der Waals surface area (Å²) < 4.78 is 21.6. The summed E-state index contributed by atoms with van der Waals surface area (Å²) in [7, 11) is 1.31. The highest BCUT2D eigenvalue weighted by atomic mass is 32.1. The Balaban J connectivity index is 1.51. The van der Waals surface area contributed by atoms with Crippen LogP contribution in [0.4, 0.5) is 5.69 Å². The van der Waals surface area contributed by atoms with Gasteiger partial charge >= 0.3 is 5.97 Å². The molecule has 2 fully saturated rings. The van der Waals surface area contributed by atoms with Crippen LogP contribution in [0.5, 0.6) is 0 Å². The van der Waals surface area contributed by atoms with Crippen molar-refractivity contribution in [2.75, 3.05) is 32.2 Å². The minimum absolute atomic E-state index is 0.133. The van der Waals surface area contributed by atoms with Gasteiger partial charge in [-0.3, -0.25) is 0 Å². The number of esters is 1. The lowest BCUT2D eigenvalue weighted by atomic mass is 10.1. The van der Waals surface area contributed by atoms with Gasteiger partial charge in [-0.2, -0.15) is 5.26 Å². The fourth-order valence-corrected chi connectivity index (χ4v) is 3.24. The number of carbonyl (C=O) groups excluding carboxylic acids is 1. The molecule has 9 heteroatoms. The van der Waals surface area contributed by atoms with E-state index in [0.29, 0.717) is 23.9 Å². The first-order valence-corrected chi connectivity index (χ1v) is 8.51. The number of hydrogen-bond donors (Lipinski definition) is 2. The zero-order chi connectivity index (χ0) is 18.5. The maximum Gasteiger partial charge on any atom is 0.331 e. The lowest BCUT2D eigenvalue weighted by Gasteiger charge is -2.20. The molecular weight excluding hydrogens is 358 g/mol. The van der Waals surface area contributed by atoms with Gasteiger partial charge in [-0.15, -0.1) is 0 Å². The van der Waals surface area contributed by atoms with Crippen molar-refractivity contribution in [2.45, 2.75) is 24.4 Å². The predicted octanol–water partition coefficient (Wildman–Crippen LogP) is 0.569. The van der Waals surface area contributed by atoms with Crippen molar-refractivity contribution in [3.05, 3.63) is 29.8 Å².